The molecule has 12 heteroatoms. The average Bonchev–Trinajstić information content (AvgIpc) is 2.94. The van der Waals surface area contributed by atoms with E-state index in [9.17, 15) is 23.1 Å². The van der Waals surface area contributed by atoms with Crippen LogP contribution in [0.4, 0.5) is 22.9 Å². The average molecular weight is 588 g/mol. The summed E-state index contributed by atoms with van der Waals surface area (Å²) in [6, 6.07) is 22.5. The third-order valence-corrected chi connectivity index (χ3v) is 7.21. The molecule has 10 nitrogen and oxygen atoms in total. The number of rotatable bonds is 10. The number of ketones is 1. The second kappa shape index (κ2) is 12.9. The van der Waals surface area contributed by atoms with E-state index >= 15 is 0 Å². The number of hydrogen-bond donors (Lipinski definition) is 5. The summed E-state index contributed by atoms with van der Waals surface area (Å²) >= 11 is 5.35. The van der Waals surface area contributed by atoms with Gasteiger partial charge in [0, 0.05) is 35.4 Å². The number of aryl methyl sites for hydroxylation is 1. The molecule has 208 valence electrons. The Kier molecular flexibility index (Phi) is 9.07. The van der Waals surface area contributed by atoms with E-state index in [2.05, 4.69) is 25.7 Å². The quantitative estimate of drug-likeness (QED) is 0.0914. The maximum atomic E-state index is 12.6. The molecule has 3 aromatic carbocycles. The van der Waals surface area contributed by atoms with Gasteiger partial charge in [0.05, 0.1) is 16.1 Å². The van der Waals surface area contributed by atoms with Crippen LogP contribution in [0.3, 0.4) is 0 Å². The van der Waals surface area contributed by atoms with Gasteiger partial charge < -0.3 is 21.1 Å². The minimum absolute atomic E-state index is 0.0679. The SMILES string of the molecule is Cc1ccc(C(=O)O)c(N/C=C/C(=O)c2ccc(NC(=S)Nc3ccc(S(=O)(=O)Nc4ccccn4)cc3)cc2)c1. The van der Waals surface area contributed by atoms with Crippen LogP contribution in [0.1, 0.15) is 26.3 Å². The number of aromatic nitrogens is 1. The molecule has 4 rings (SSSR count). The number of hydrogen-bond acceptors (Lipinski definition) is 7. The number of thiocarbonyl (C=S) groups is 1. The Balaban J connectivity index is 1.31. The second-order valence-corrected chi connectivity index (χ2v) is 10.8. The van der Waals surface area contributed by atoms with Crippen LogP contribution < -0.4 is 20.7 Å². The molecule has 0 saturated heterocycles. The number of benzene rings is 3. The highest BCUT2D eigenvalue weighted by Crippen LogP contribution is 2.19. The molecule has 0 aliphatic heterocycles. The number of carbonyl (C=O) groups is 2. The summed E-state index contributed by atoms with van der Waals surface area (Å²) in [6.45, 7) is 1.84. The molecule has 0 amide bonds. The number of anilines is 4. The summed E-state index contributed by atoms with van der Waals surface area (Å²) in [5.41, 5.74) is 3.00. The fraction of sp³-hybridized carbons (Fsp3) is 0.0345. The molecule has 0 saturated carbocycles. The van der Waals surface area contributed by atoms with Gasteiger partial charge in [-0.2, -0.15) is 0 Å². The summed E-state index contributed by atoms with van der Waals surface area (Å²) in [7, 11) is -3.79. The molecule has 0 aliphatic rings. The Hall–Kier alpha value is -5.07. The van der Waals surface area contributed by atoms with Crippen LogP contribution in [0.15, 0.2) is 108 Å². The number of nitrogens with one attached hydrogen (secondary N) is 4. The molecule has 1 heterocycles. The highest BCUT2D eigenvalue weighted by Gasteiger charge is 2.15. The van der Waals surface area contributed by atoms with Crippen LogP contribution in [0.2, 0.25) is 0 Å². The number of sulfonamides is 1. The van der Waals surface area contributed by atoms with Crippen molar-refractivity contribution in [1.82, 2.24) is 4.98 Å². The van der Waals surface area contributed by atoms with Crippen molar-refractivity contribution in [3.63, 3.8) is 0 Å². The Bertz CT molecular complexity index is 1710. The van der Waals surface area contributed by atoms with Crippen molar-refractivity contribution in [1.29, 1.82) is 0 Å². The van der Waals surface area contributed by atoms with E-state index in [1.54, 1.807) is 66.7 Å². The molecular formula is C29H25N5O5S2. The molecule has 0 bridgehead atoms. The zero-order valence-electron chi connectivity index (χ0n) is 21.7. The third-order valence-electron chi connectivity index (χ3n) is 5.63. The number of carbonyl (C=O) groups excluding carboxylic acids is 1. The van der Waals surface area contributed by atoms with Crippen LogP contribution in [0.25, 0.3) is 0 Å². The predicted octanol–water partition coefficient (Wildman–Crippen LogP) is 5.51. The lowest BCUT2D eigenvalue weighted by atomic mass is 10.1. The van der Waals surface area contributed by atoms with Crippen LogP contribution in [-0.4, -0.2) is 35.4 Å². The van der Waals surface area contributed by atoms with Crippen LogP contribution in [0, 0.1) is 6.92 Å². The van der Waals surface area contributed by atoms with Gasteiger partial charge >= 0.3 is 5.97 Å². The molecule has 41 heavy (non-hydrogen) atoms. The van der Waals surface area contributed by atoms with Gasteiger partial charge in [-0.1, -0.05) is 12.1 Å². The lowest BCUT2D eigenvalue weighted by molar-refractivity contribution is 0.0697. The Morgan fingerprint density at radius 2 is 1.56 bits per heavy atom. The van der Waals surface area contributed by atoms with Crippen molar-refractivity contribution in [2.75, 3.05) is 20.7 Å². The van der Waals surface area contributed by atoms with E-state index in [4.69, 9.17) is 12.2 Å². The van der Waals surface area contributed by atoms with E-state index in [-0.39, 0.29) is 27.2 Å². The second-order valence-electron chi connectivity index (χ2n) is 8.70. The monoisotopic (exact) mass is 587 g/mol. The highest BCUT2D eigenvalue weighted by molar-refractivity contribution is 7.92. The van der Waals surface area contributed by atoms with Gasteiger partial charge in [-0.15, -0.1) is 0 Å². The summed E-state index contributed by atoms with van der Waals surface area (Å²) in [4.78, 5) is 28.0. The number of carboxylic acids is 1. The number of pyridine rings is 1. The van der Waals surface area contributed by atoms with Gasteiger partial charge in [0.2, 0.25) is 0 Å². The summed E-state index contributed by atoms with van der Waals surface area (Å²) < 4.78 is 27.5. The van der Waals surface area contributed by atoms with Gasteiger partial charge in [-0.3, -0.25) is 9.52 Å². The fourth-order valence-electron chi connectivity index (χ4n) is 3.62. The zero-order valence-corrected chi connectivity index (χ0v) is 23.3. The van der Waals surface area contributed by atoms with Crippen molar-refractivity contribution in [2.45, 2.75) is 11.8 Å². The number of nitrogens with zero attached hydrogens (tertiary/aromatic N) is 1. The standard InChI is InChI=1S/C29H25N5O5S2/c1-19-5-14-24(28(36)37)25(18-19)30-17-15-26(35)20-6-8-21(9-7-20)32-29(40)33-22-10-12-23(13-11-22)41(38,39)34-27-4-2-3-16-31-27/h2-18,30H,1H3,(H,31,34)(H,36,37)(H2,32,33,40)/b17-15+. The van der Waals surface area contributed by atoms with Crippen molar-refractivity contribution in [2.24, 2.45) is 0 Å². The maximum Gasteiger partial charge on any atom is 0.337 e. The van der Waals surface area contributed by atoms with E-state index in [0.29, 0.717) is 22.6 Å². The molecule has 0 radical (unpaired) electrons. The lowest BCUT2D eigenvalue weighted by Crippen LogP contribution is -2.19. The maximum absolute atomic E-state index is 12.6. The van der Waals surface area contributed by atoms with Crippen LogP contribution in [-0.2, 0) is 10.0 Å². The smallest absolute Gasteiger partial charge is 0.337 e. The van der Waals surface area contributed by atoms with Crippen molar-refractivity contribution in [3.8, 4) is 0 Å². The van der Waals surface area contributed by atoms with Crippen molar-refractivity contribution < 1.29 is 23.1 Å². The molecule has 0 spiro atoms. The molecule has 0 unspecified atom stereocenters. The molecule has 0 fully saturated rings. The Labute approximate surface area is 242 Å². The molecule has 1 aromatic heterocycles. The number of allylic oxidation sites excluding steroid dienone is 1. The van der Waals surface area contributed by atoms with Gasteiger partial charge in [0.1, 0.15) is 5.82 Å². The summed E-state index contributed by atoms with van der Waals surface area (Å²) in [5.74, 6) is -1.12. The van der Waals surface area contributed by atoms with Gasteiger partial charge in [-0.25, -0.2) is 18.2 Å². The van der Waals surface area contributed by atoms with Gasteiger partial charge in [0.25, 0.3) is 10.0 Å². The third kappa shape index (κ3) is 7.97. The fourth-order valence-corrected chi connectivity index (χ4v) is 4.86. The molecule has 5 N–H and O–H groups in total. The van der Waals surface area contributed by atoms with Crippen LogP contribution >= 0.6 is 12.2 Å². The first kappa shape index (κ1) is 28.9. The Morgan fingerprint density at radius 1 is 0.902 bits per heavy atom. The van der Waals surface area contributed by atoms with E-state index in [1.165, 1.54) is 36.7 Å². The van der Waals surface area contributed by atoms with Gasteiger partial charge in [0.15, 0.2) is 10.9 Å². The van der Waals surface area contributed by atoms with E-state index < -0.39 is 16.0 Å². The summed E-state index contributed by atoms with van der Waals surface area (Å²) in [6.07, 6.45) is 4.21. The van der Waals surface area contributed by atoms with Crippen molar-refractivity contribution >= 4 is 62.0 Å². The molecule has 4 aromatic rings. The predicted molar refractivity (Wildman–Crippen MR) is 163 cm³/mol. The minimum Gasteiger partial charge on any atom is -0.478 e. The van der Waals surface area contributed by atoms with Crippen LogP contribution in [0.5, 0.6) is 0 Å². The zero-order chi connectivity index (χ0) is 29.4. The van der Waals surface area contributed by atoms with Crippen molar-refractivity contribution in [3.05, 3.63) is 120 Å². The minimum atomic E-state index is -3.79. The first-order chi connectivity index (χ1) is 19.6. The van der Waals surface area contributed by atoms with E-state index in [1.807, 2.05) is 6.92 Å². The highest BCUT2D eigenvalue weighted by atomic mass is 32.2. The van der Waals surface area contributed by atoms with E-state index in [0.717, 1.165) is 5.56 Å². The first-order valence-electron chi connectivity index (χ1n) is 12.1. The molecule has 0 aliphatic carbocycles. The Morgan fingerprint density at radius 3 is 2.17 bits per heavy atom. The largest absolute Gasteiger partial charge is 0.478 e. The number of aromatic carboxylic acids is 1. The molecular weight excluding hydrogens is 562 g/mol. The number of carboxylic acid groups (broad SMARTS) is 1. The molecule has 0 atom stereocenters. The normalized spacial score (nSPS) is 11.0. The topological polar surface area (TPSA) is 150 Å². The van der Waals surface area contributed by atoms with Gasteiger partial charge in [-0.05, 0) is 97.5 Å². The summed E-state index contributed by atoms with van der Waals surface area (Å²) in [5, 5.41) is 18.4. The lowest BCUT2D eigenvalue weighted by Gasteiger charge is -2.12. The first-order valence-corrected chi connectivity index (χ1v) is 14.0.